The molecule has 110 valence electrons. The van der Waals surface area contributed by atoms with Gasteiger partial charge >= 0.3 is 5.97 Å². The molecule has 3 nitrogen and oxygen atoms in total. The number of nitrogens with zero attached hydrogens (tertiary/aromatic N) is 1. The number of carbonyl (C=O) groups is 1. The fourth-order valence-electron chi connectivity index (χ4n) is 2.70. The smallest absolute Gasteiger partial charge is 0.319 e. The molecule has 1 saturated carbocycles. The molecule has 2 rings (SSSR count). The first kappa shape index (κ1) is 15.3. The van der Waals surface area contributed by atoms with E-state index in [0.29, 0.717) is 23.2 Å². The summed E-state index contributed by atoms with van der Waals surface area (Å²) in [6.45, 7) is 0.569. The van der Waals surface area contributed by atoms with Gasteiger partial charge < -0.3 is 4.74 Å². The number of halogens is 2. The van der Waals surface area contributed by atoms with Crippen molar-refractivity contribution in [3.8, 4) is 0 Å². The molecule has 0 aromatic heterocycles. The van der Waals surface area contributed by atoms with Gasteiger partial charge in [0.05, 0.1) is 13.7 Å². The van der Waals surface area contributed by atoms with Crippen LogP contribution in [0.3, 0.4) is 0 Å². The number of methoxy groups -OCH3 is 1. The van der Waals surface area contributed by atoms with Gasteiger partial charge in [-0.25, -0.2) is 4.39 Å². The molecule has 0 aliphatic heterocycles. The summed E-state index contributed by atoms with van der Waals surface area (Å²) in [5.41, 5.74) is 0.522. The van der Waals surface area contributed by atoms with Crippen molar-refractivity contribution < 1.29 is 13.9 Å². The van der Waals surface area contributed by atoms with Gasteiger partial charge in [0.2, 0.25) is 0 Å². The van der Waals surface area contributed by atoms with Gasteiger partial charge in [-0.1, -0.05) is 24.4 Å². The fraction of sp³-hybridized carbons (Fsp3) is 0.533. The fourth-order valence-corrected chi connectivity index (χ4v) is 2.89. The molecule has 0 bridgehead atoms. The second kappa shape index (κ2) is 7.04. The summed E-state index contributed by atoms with van der Waals surface area (Å²) in [5.74, 6) is -0.582. The molecule has 1 aromatic rings. The van der Waals surface area contributed by atoms with E-state index < -0.39 is 0 Å². The van der Waals surface area contributed by atoms with Gasteiger partial charge in [-0.15, -0.1) is 0 Å². The number of esters is 1. The molecule has 0 spiro atoms. The Bertz CT molecular complexity index is 475. The van der Waals surface area contributed by atoms with Crippen LogP contribution in [-0.4, -0.2) is 30.6 Å². The molecule has 1 aliphatic rings. The van der Waals surface area contributed by atoms with Crippen LogP contribution >= 0.6 is 11.6 Å². The monoisotopic (exact) mass is 299 g/mol. The average molecular weight is 300 g/mol. The van der Waals surface area contributed by atoms with E-state index in [1.807, 2.05) is 4.90 Å². The molecule has 0 unspecified atom stereocenters. The number of carbonyl (C=O) groups excluding carboxylic acids is 1. The molecule has 0 heterocycles. The lowest BCUT2D eigenvalue weighted by Gasteiger charge is -2.27. The van der Waals surface area contributed by atoms with Gasteiger partial charge in [-0.3, -0.25) is 9.69 Å². The molecule has 5 heteroatoms. The summed E-state index contributed by atoms with van der Waals surface area (Å²) in [6, 6.07) is 4.83. The summed E-state index contributed by atoms with van der Waals surface area (Å²) < 4.78 is 18.6. The van der Waals surface area contributed by atoms with Crippen LogP contribution in [0.1, 0.15) is 31.2 Å². The Kier molecular flexibility index (Phi) is 5.38. The van der Waals surface area contributed by atoms with Crippen molar-refractivity contribution in [3.05, 3.63) is 34.6 Å². The third-order valence-electron chi connectivity index (χ3n) is 3.78. The highest BCUT2D eigenvalue weighted by atomic mass is 35.5. The Morgan fingerprint density at radius 3 is 2.80 bits per heavy atom. The molecule has 0 N–H and O–H groups in total. The number of hydrogen-bond acceptors (Lipinski definition) is 3. The molecule has 0 radical (unpaired) electrons. The predicted molar refractivity (Wildman–Crippen MR) is 76.1 cm³/mol. The number of ether oxygens (including phenoxy) is 1. The van der Waals surface area contributed by atoms with Crippen LogP contribution < -0.4 is 0 Å². The minimum absolute atomic E-state index is 0.188. The lowest BCUT2D eigenvalue weighted by Crippen LogP contribution is -2.37. The first-order chi connectivity index (χ1) is 9.60. The zero-order valence-corrected chi connectivity index (χ0v) is 12.3. The summed E-state index contributed by atoms with van der Waals surface area (Å²) >= 11 is 5.92. The average Bonchev–Trinajstić information content (AvgIpc) is 2.96. The first-order valence-electron chi connectivity index (χ1n) is 6.85. The molecule has 1 aromatic carbocycles. The third kappa shape index (κ3) is 3.93. The summed E-state index contributed by atoms with van der Waals surface area (Å²) in [7, 11) is 1.37. The van der Waals surface area contributed by atoms with Crippen molar-refractivity contribution >= 4 is 17.6 Å². The quantitative estimate of drug-likeness (QED) is 0.781. The van der Waals surface area contributed by atoms with Crippen LogP contribution in [0.2, 0.25) is 5.02 Å². The number of benzene rings is 1. The molecule has 1 aliphatic carbocycles. The van der Waals surface area contributed by atoms with Crippen LogP contribution in [0.4, 0.5) is 4.39 Å². The SMILES string of the molecule is COC(=O)CN(Cc1cc(Cl)ccc1F)C1CCCC1. The number of rotatable bonds is 5. The van der Waals surface area contributed by atoms with E-state index in [9.17, 15) is 9.18 Å². The lowest BCUT2D eigenvalue weighted by atomic mass is 10.1. The Morgan fingerprint density at radius 2 is 2.15 bits per heavy atom. The van der Waals surface area contributed by atoms with Crippen molar-refractivity contribution in [3.63, 3.8) is 0 Å². The maximum Gasteiger partial charge on any atom is 0.319 e. The van der Waals surface area contributed by atoms with Crippen molar-refractivity contribution in [1.82, 2.24) is 4.90 Å². The van der Waals surface area contributed by atoms with Crippen molar-refractivity contribution in [1.29, 1.82) is 0 Å². The standard InChI is InChI=1S/C15H19ClFNO2/c1-20-15(19)10-18(13-4-2-3-5-13)9-11-8-12(16)6-7-14(11)17/h6-8,13H,2-5,9-10H2,1H3. The van der Waals surface area contributed by atoms with E-state index in [-0.39, 0.29) is 18.3 Å². The molecular weight excluding hydrogens is 281 g/mol. The van der Waals surface area contributed by atoms with Gasteiger partial charge in [-0.2, -0.15) is 0 Å². The zero-order valence-electron chi connectivity index (χ0n) is 11.6. The van der Waals surface area contributed by atoms with Gasteiger partial charge in [-0.05, 0) is 31.0 Å². The second-order valence-electron chi connectivity index (χ2n) is 5.16. The largest absolute Gasteiger partial charge is 0.468 e. The molecular formula is C15H19ClFNO2. The summed E-state index contributed by atoms with van der Waals surface area (Å²) in [4.78, 5) is 13.5. The van der Waals surface area contributed by atoms with Crippen LogP contribution in [0.5, 0.6) is 0 Å². The minimum Gasteiger partial charge on any atom is -0.468 e. The Balaban J connectivity index is 2.13. The molecule has 20 heavy (non-hydrogen) atoms. The highest BCUT2D eigenvalue weighted by Crippen LogP contribution is 2.26. The molecule has 0 atom stereocenters. The zero-order chi connectivity index (χ0) is 14.5. The van der Waals surface area contributed by atoms with Crippen molar-refractivity contribution in [2.24, 2.45) is 0 Å². The normalized spacial score (nSPS) is 15.8. The highest BCUT2D eigenvalue weighted by Gasteiger charge is 2.25. The van der Waals surface area contributed by atoms with E-state index in [4.69, 9.17) is 16.3 Å². The van der Waals surface area contributed by atoms with Crippen LogP contribution in [-0.2, 0) is 16.1 Å². The van der Waals surface area contributed by atoms with Gasteiger partial charge in [0.1, 0.15) is 5.82 Å². The van der Waals surface area contributed by atoms with Gasteiger partial charge in [0, 0.05) is 23.2 Å². The molecule has 1 fully saturated rings. The number of hydrogen-bond donors (Lipinski definition) is 0. The lowest BCUT2D eigenvalue weighted by molar-refractivity contribution is -0.142. The highest BCUT2D eigenvalue weighted by molar-refractivity contribution is 6.30. The van der Waals surface area contributed by atoms with Crippen molar-refractivity contribution in [2.45, 2.75) is 38.3 Å². The van der Waals surface area contributed by atoms with Gasteiger partial charge in [0.15, 0.2) is 0 Å². The maximum atomic E-state index is 13.8. The van der Waals surface area contributed by atoms with Gasteiger partial charge in [0.25, 0.3) is 0 Å². The van der Waals surface area contributed by atoms with Crippen LogP contribution in [0.25, 0.3) is 0 Å². The van der Waals surface area contributed by atoms with Crippen molar-refractivity contribution in [2.75, 3.05) is 13.7 Å². The van der Waals surface area contributed by atoms with E-state index in [1.165, 1.54) is 19.2 Å². The third-order valence-corrected chi connectivity index (χ3v) is 4.02. The van der Waals surface area contributed by atoms with E-state index >= 15 is 0 Å². The summed E-state index contributed by atoms with van der Waals surface area (Å²) in [6.07, 6.45) is 4.39. The van der Waals surface area contributed by atoms with Crippen LogP contribution in [0.15, 0.2) is 18.2 Å². The van der Waals surface area contributed by atoms with E-state index in [0.717, 1.165) is 25.7 Å². The second-order valence-corrected chi connectivity index (χ2v) is 5.59. The Labute approximate surface area is 123 Å². The van der Waals surface area contributed by atoms with E-state index in [1.54, 1.807) is 6.07 Å². The molecule has 0 saturated heterocycles. The minimum atomic E-state index is -0.292. The van der Waals surface area contributed by atoms with Crippen LogP contribution in [0, 0.1) is 5.82 Å². The Morgan fingerprint density at radius 1 is 1.45 bits per heavy atom. The maximum absolute atomic E-state index is 13.8. The van der Waals surface area contributed by atoms with E-state index in [2.05, 4.69) is 0 Å². The predicted octanol–water partition coefficient (Wildman–Crippen LogP) is 3.40. The Hall–Kier alpha value is -1.13. The first-order valence-corrected chi connectivity index (χ1v) is 7.22. The molecule has 0 amide bonds. The summed E-state index contributed by atoms with van der Waals surface area (Å²) in [5, 5.41) is 0.505. The topological polar surface area (TPSA) is 29.5 Å².